The molecule has 0 spiro atoms. The summed E-state index contributed by atoms with van der Waals surface area (Å²) in [6, 6.07) is 1.93. The van der Waals surface area contributed by atoms with Crippen LogP contribution in [0.5, 0.6) is 0 Å². The molecule has 0 fully saturated rings. The molecule has 1 N–H and O–H groups in total. The van der Waals surface area contributed by atoms with E-state index in [2.05, 4.69) is 74.1 Å². The smallest absolute Gasteiger partial charge is 0.141 e. The van der Waals surface area contributed by atoms with Crippen molar-refractivity contribution in [2.24, 2.45) is 0 Å². The molecule has 0 amide bonds. The quantitative estimate of drug-likeness (QED) is 0.342. The van der Waals surface area contributed by atoms with E-state index in [4.69, 9.17) is 0 Å². The molecule has 0 atom stereocenters. The van der Waals surface area contributed by atoms with Crippen LogP contribution >= 0.6 is 0 Å². The summed E-state index contributed by atoms with van der Waals surface area (Å²) >= 11 is 0. The molecule has 2 rings (SSSR count). The summed E-state index contributed by atoms with van der Waals surface area (Å²) in [5.41, 5.74) is 8.51. The zero-order valence-electron chi connectivity index (χ0n) is 21.6. The Bertz CT molecular complexity index is 1150. The molecular formula is C31H37N3O. The molecule has 0 saturated carbocycles. The Morgan fingerprint density at radius 1 is 1.09 bits per heavy atom. The van der Waals surface area contributed by atoms with Gasteiger partial charge in [-0.25, -0.2) is 0 Å². The minimum atomic E-state index is 0.176. The van der Waals surface area contributed by atoms with Gasteiger partial charge in [-0.3, -0.25) is 4.79 Å². The topological polar surface area (TPSA) is 54.9 Å². The van der Waals surface area contributed by atoms with Gasteiger partial charge >= 0.3 is 0 Å². The van der Waals surface area contributed by atoms with Crippen molar-refractivity contribution in [1.29, 1.82) is 0 Å². The van der Waals surface area contributed by atoms with Gasteiger partial charge in [0.1, 0.15) is 5.78 Å². The number of Topliss-reactive ketones (excluding diaryl/α,β-unsaturated/α-hetero) is 1. The number of hydrogen-bond donors (Lipinski definition) is 1. The number of hydrogen-bond acceptors (Lipinski definition) is 4. The van der Waals surface area contributed by atoms with E-state index in [1.165, 1.54) is 5.57 Å². The predicted molar refractivity (Wildman–Crippen MR) is 148 cm³/mol. The fourth-order valence-corrected chi connectivity index (χ4v) is 3.66. The van der Waals surface area contributed by atoms with Crippen molar-refractivity contribution in [3.8, 4) is 0 Å². The molecule has 0 aliphatic carbocycles. The van der Waals surface area contributed by atoms with Crippen LogP contribution in [0, 0.1) is 0 Å². The van der Waals surface area contributed by atoms with Gasteiger partial charge in [0.25, 0.3) is 0 Å². The van der Waals surface area contributed by atoms with Crippen LogP contribution in [0.25, 0.3) is 5.57 Å². The van der Waals surface area contributed by atoms with Crippen LogP contribution in [0.1, 0.15) is 59.4 Å². The molecule has 4 heteroatoms. The number of rotatable bonds is 11. The highest BCUT2D eigenvalue weighted by Crippen LogP contribution is 2.25. The summed E-state index contributed by atoms with van der Waals surface area (Å²) in [5.74, 6) is 0.176. The van der Waals surface area contributed by atoms with Gasteiger partial charge in [-0.15, -0.1) is 0 Å². The molecule has 35 heavy (non-hydrogen) atoms. The highest BCUT2D eigenvalue weighted by molar-refractivity contribution is 5.84. The second kappa shape index (κ2) is 14.5. The lowest BCUT2D eigenvalue weighted by Crippen LogP contribution is -2.02. The maximum absolute atomic E-state index is 12.8. The van der Waals surface area contributed by atoms with Gasteiger partial charge in [0.15, 0.2) is 0 Å². The number of carbonyl (C=O) groups excluding carboxylic acids is 1. The van der Waals surface area contributed by atoms with Crippen molar-refractivity contribution in [2.45, 2.75) is 53.9 Å². The van der Waals surface area contributed by atoms with E-state index in [1.807, 2.05) is 43.6 Å². The van der Waals surface area contributed by atoms with Gasteiger partial charge in [-0.05, 0) is 62.5 Å². The van der Waals surface area contributed by atoms with Crippen molar-refractivity contribution >= 4 is 11.4 Å². The molecule has 182 valence electrons. The van der Waals surface area contributed by atoms with Crippen LogP contribution in [-0.2, 0) is 4.79 Å². The lowest BCUT2D eigenvalue weighted by Gasteiger charge is -2.09. The zero-order chi connectivity index (χ0) is 25.6. The molecule has 1 aliphatic heterocycles. The van der Waals surface area contributed by atoms with E-state index in [1.54, 1.807) is 18.5 Å². The van der Waals surface area contributed by atoms with Crippen molar-refractivity contribution in [3.63, 3.8) is 0 Å². The van der Waals surface area contributed by atoms with Gasteiger partial charge in [0.2, 0.25) is 0 Å². The van der Waals surface area contributed by atoms with Crippen LogP contribution in [0.4, 0.5) is 0 Å². The SMILES string of the molecule is C=C/C=C(\C=C(C)C)C1=CNC=C(CC(=O)C/C(C)=C/C=C(\C=C/CC)c2ccnnc2)C=C1C. The number of nitrogens with one attached hydrogen (secondary N) is 1. The first-order chi connectivity index (χ1) is 16.8. The van der Waals surface area contributed by atoms with Crippen molar-refractivity contribution in [3.05, 3.63) is 125 Å². The Labute approximate surface area is 210 Å². The van der Waals surface area contributed by atoms with Gasteiger partial charge in [0, 0.05) is 36.4 Å². The first kappa shape index (κ1) is 27.5. The molecule has 1 aromatic rings. The minimum Gasteiger partial charge on any atom is -0.367 e. The van der Waals surface area contributed by atoms with E-state index in [-0.39, 0.29) is 5.78 Å². The summed E-state index contributed by atoms with van der Waals surface area (Å²) in [6.07, 6.45) is 25.3. The number of nitrogens with zero attached hydrogens (tertiary/aromatic N) is 2. The molecule has 0 bridgehead atoms. The second-order valence-electron chi connectivity index (χ2n) is 8.82. The fraction of sp³-hybridized carbons (Fsp3) is 0.258. The normalized spacial score (nSPS) is 15.0. The Balaban J connectivity index is 2.11. The molecule has 0 unspecified atom stereocenters. The van der Waals surface area contributed by atoms with Crippen molar-refractivity contribution < 1.29 is 4.79 Å². The summed E-state index contributed by atoms with van der Waals surface area (Å²) < 4.78 is 0. The van der Waals surface area contributed by atoms with Crippen LogP contribution in [0.2, 0.25) is 0 Å². The predicted octanol–water partition coefficient (Wildman–Crippen LogP) is 7.52. The zero-order valence-corrected chi connectivity index (χ0v) is 21.6. The molecule has 4 nitrogen and oxygen atoms in total. The average molecular weight is 468 g/mol. The minimum absolute atomic E-state index is 0.176. The van der Waals surface area contributed by atoms with Crippen LogP contribution in [-0.4, -0.2) is 16.0 Å². The third-order valence-corrected chi connectivity index (χ3v) is 5.25. The summed E-state index contributed by atoms with van der Waals surface area (Å²) in [6.45, 7) is 14.2. The Kier molecular flexibility index (Phi) is 11.3. The maximum atomic E-state index is 12.8. The molecule has 2 heterocycles. The Hall–Kier alpha value is -3.79. The van der Waals surface area contributed by atoms with Crippen molar-refractivity contribution in [1.82, 2.24) is 15.5 Å². The van der Waals surface area contributed by atoms with Crippen LogP contribution < -0.4 is 5.32 Å². The molecule has 1 aromatic heterocycles. The lowest BCUT2D eigenvalue weighted by molar-refractivity contribution is -0.117. The summed E-state index contributed by atoms with van der Waals surface area (Å²) in [5, 5.41) is 11.1. The molecule has 0 saturated heterocycles. The Morgan fingerprint density at radius 2 is 1.89 bits per heavy atom. The van der Waals surface area contributed by atoms with Gasteiger partial charge in [-0.1, -0.05) is 73.3 Å². The maximum Gasteiger partial charge on any atom is 0.141 e. The standard InChI is InChI=1S/C31H37N3O/c1-7-9-11-27(29-14-15-33-34-21-29)13-12-24(5)17-30(35)19-26-18-25(6)31(22-32-20-26)28(10-8-2)16-23(3)4/h8-16,18,20-22,32H,2,7,17,19H2,1,3-6H3/b11-9-,24-12+,27-13+,28-10+. The molecular weight excluding hydrogens is 430 g/mol. The molecule has 0 aromatic carbocycles. The van der Waals surface area contributed by atoms with Gasteiger partial charge in [-0.2, -0.15) is 10.2 Å². The van der Waals surface area contributed by atoms with E-state index >= 15 is 0 Å². The van der Waals surface area contributed by atoms with Gasteiger partial charge in [0.05, 0.1) is 12.4 Å². The lowest BCUT2D eigenvalue weighted by atomic mass is 9.95. The average Bonchev–Trinajstić information content (AvgIpc) is 2.99. The Morgan fingerprint density at radius 3 is 2.54 bits per heavy atom. The largest absolute Gasteiger partial charge is 0.367 e. The fourth-order valence-electron chi connectivity index (χ4n) is 3.66. The highest BCUT2D eigenvalue weighted by atomic mass is 16.1. The van der Waals surface area contributed by atoms with Crippen LogP contribution in [0.15, 0.2) is 119 Å². The van der Waals surface area contributed by atoms with E-state index in [0.717, 1.165) is 45.4 Å². The van der Waals surface area contributed by atoms with E-state index < -0.39 is 0 Å². The van der Waals surface area contributed by atoms with Crippen molar-refractivity contribution in [2.75, 3.05) is 0 Å². The molecule has 1 aliphatic rings. The first-order valence-electron chi connectivity index (χ1n) is 12.0. The van der Waals surface area contributed by atoms with Crippen LogP contribution in [0.3, 0.4) is 0 Å². The van der Waals surface area contributed by atoms with E-state index in [9.17, 15) is 4.79 Å². The summed E-state index contributed by atoms with van der Waals surface area (Å²) in [4.78, 5) is 12.8. The number of allylic oxidation sites excluding steroid dienone is 15. The number of carbonyl (C=O) groups is 1. The number of ketones is 1. The highest BCUT2D eigenvalue weighted by Gasteiger charge is 2.11. The third-order valence-electron chi connectivity index (χ3n) is 5.25. The third kappa shape index (κ3) is 9.54. The first-order valence-corrected chi connectivity index (χ1v) is 12.0. The number of aromatic nitrogens is 2. The van der Waals surface area contributed by atoms with E-state index in [0.29, 0.717) is 12.8 Å². The van der Waals surface area contributed by atoms with Gasteiger partial charge < -0.3 is 5.32 Å². The monoisotopic (exact) mass is 467 g/mol. The second-order valence-corrected chi connectivity index (χ2v) is 8.82. The summed E-state index contributed by atoms with van der Waals surface area (Å²) in [7, 11) is 0. The molecule has 0 radical (unpaired) electrons.